The quantitative estimate of drug-likeness (QED) is 0.749. The molecule has 2 nitrogen and oxygen atoms in total. The molecule has 1 atom stereocenters. The predicted molar refractivity (Wildman–Crippen MR) is 69.3 cm³/mol. The summed E-state index contributed by atoms with van der Waals surface area (Å²) in [5.41, 5.74) is 1.12. The van der Waals surface area contributed by atoms with Gasteiger partial charge in [0.2, 0.25) is 0 Å². The molecule has 16 heavy (non-hydrogen) atoms. The highest BCUT2D eigenvalue weighted by molar-refractivity contribution is 9.10. The second-order valence-electron chi connectivity index (χ2n) is 3.74. The van der Waals surface area contributed by atoms with Crippen molar-refractivity contribution in [1.82, 2.24) is 0 Å². The van der Waals surface area contributed by atoms with E-state index in [1.807, 2.05) is 31.2 Å². The SMILES string of the molecule is CCCC(=O)C(Br)Cc1cccc(OC)c1. The lowest BCUT2D eigenvalue weighted by molar-refractivity contribution is -0.118. The Kier molecular flexibility index (Phi) is 5.53. The molecule has 0 saturated heterocycles. The lowest BCUT2D eigenvalue weighted by Gasteiger charge is -2.09. The van der Waals surface area contributed by atoms with Gasteiger partial charge in [-0.2, -0.15) is 0 Å². The molecule has 0 spiro atoms. The molecule has 0 radical (unpaired) electrons. The molecule has 0 N–H and O–H groups in total. The van der Waals surface area contributed by atoms with Crippen LogP contribution in [-0.4, -0.2) is 17.7 Å². The van der Waals surface area contributed by atoms with Crippen molar-refractivity contribution in [3.05, 3.63) is 29.8 Å². The van der Waals surface area contributed by atoms with Crippen molar-refractivity contribution < 1.29 is 9.53 Å². The van der Waals surface area contributed by atoms with Crippen LogP contribution >= 0.6 is 15.9 Å². The zero-order valence-electron chi connectivity index (χ0n) is 9.70. The second kappa shape index (κ2) is 6.69. The average molecular weight is 285 g/mol. The smallest absolute Gasteiger partial charge is 0.146 e. The zero-order valence-corrected chi connectivity index (χ0v) is 11.3. The maximum Gasteiger partial charge on any atom is 0.146 e. The molecule has 0 aromatic heterocycles. The predicted octanol–water partition coefficient (Wildman–Crippen LogP) is 3.37. The summed E-state index contributed by atoms with van der Waals surface area (Å²) in [6.45, 7) is 2.02. The Hall–Kier alpha value is -0.830. The van der Waals surface area contributed by atoms with Crippen LogP contribution < -0.4 is 4.74 Å². The summed E-state index contributed by atoms with van der Waals surface area (Å²) in [6.07, 6.45) is 2.26. The Morgan fingerprint density at radius 3 is 2.88 bits per heavy atom. The lowest BCUT2D eigenvalue weighted by atomic mass is 10.1. The third kappa shape index (κ3) is 3.97. The van der Waals surface area contributed by atoms with Gasteiger partial charge in [-0.05, 0) is 30.5 Å². The first-order valence-electron chi connectivity index (χ1n) is 5.47. The fraction of sp³-hybridized carbons (Fsp3) is 0.462. The third-order valence-corrected chi connectivity index (χ3v) is 3.23. The first-order chi connectivity index (χ1) is 7.67. The molecule has 0 saturated carbocycles. The van der Waals surface area contributed by atoms with Crippen molar-refractivity contribution in [3.8, 4) is 5.75 Å². The summed E-state index contributed by atoms with van der Waals surface area (Å²) < 4.78 is 5.14. The van der Waals surface area contributed by atoms with E-state index >= 15 is 0 Å². The molecule has 1 aromatic rings. The topological polar surface area (TPSA) is 26.3 Å². The van der Waals surface area contributed by atoms with Crippen LogP contribution in [-0.2, 0) is 11.2 Å². The van der Waals surface area contributed by atoms with Crippen LogP contribution in [0, 0.1) is 0 Å². The fourth-order valence-corrected chi connectivity index (χ4v) is 2.13. The van der Waals surface area contributed by atoms with Crippen molar-refractivity contribution >= 4 is 21.7 Å². The number of rotatable bonds is 6. The highest BCUT2D eigenvalue weighted by atomic mass is 79.9. The van der Waals surface area contributed by atoms with Crippen molar-refractivity contribution in [2.75, 3.05) is 7.11 Å². The van der Waals surface area contributed by atoms with Gasteiger partial charge in [0.05, 0.1) is 11.9 Å². The van der Waals surface area contributed by atoms with Gasteiger partial charge in [-0.1, -0.05) is 35.0 Å². The largest absolute Gasteiger partial charge is 0.497 e. The van der Waals surface area contributed by atoms with Crippen LogP contribution in [0.4, 0.5) is 0 Å². The number of hydrogen-bond acceptors (Lipinski definition) is 2. The molecule has 1 aromatic carbocycles. The minimum atomic E-state index is -0.0837. The third-order valence-electron chi connectivity index (χ3n) is 2.39. The van der Waals surface area contributed by atoms with Crippen LogP contribution in [0.3, 0.4) is 0 Å². The summed E-state index contributed by atoms with van der Waals surface area (Å²) in [6, 6.07) is 7.82. The molecule has 0 bridgehead atoms. The monoisotopic (exact) mass is 284 g/mol. The number of hydrogen-bond donors (Lipinski definition) is 0. The first-order valence-corrected chi connectivity index (χ1v) is 6.38. The molecule has 88 valence electrons. The molecule has 1 rings (SSSR count). The van der Waals surface area contributed by atoms with Gasteiger partial charge in [0, 0.05) is 6.42 Å². The van der Waals surface area contributed by atoms with E-state index in [1.165, 1.54) is 0 Å². The second-order valence-corrected chi connectivity index (χ2v) is 4.84. The van der Waals surface area contributed by atoms with Gasteiger partial charge in [0.25, 0.3) is 0 Å². The molecule has 3 heteroatoms. The van der Waals surface area contributed by atoms with Gasteiger partial charge < -0.3 is 4.74 Å². The number of carbonyl (C=O) groups is 1. The van der Waals surface area contributed by atoms with E-state index in [-0.39, 0.29) is 10.6 Å². The standard InChI is InChI=1S/C13H17BrO2/c1-3-5-13(15)12(14)9-10-6-4-7-11(8-10)16-2/h4,6-8,12H,3,5,9H2,1-2H3. The van der Waals surface area contributed by atoms with Gasteiger partial charge in [0.15, 0.2) is 0 Å². The van der Waals surface area contributed by atoms with Crippen molar-refractivity contribution in [2.24, 2.45) is 0 Å². The number of methoxy groups -OCH3 is 1. The fourth-order valence-electron chi connectivity index (χ4n) is 1.52. The van der Waals surface area contributed by atoms with E-state index < -0.39 is 0 Å². The molecular weight excluding hydrogens is 268 g/mol. The highest BCUT2D eigenvalue weighted by Gasteiger charge is 2.14. The average Bonchev–Trinajstić information content (AvgIpc) is 2.29. The molecule has 1 unspecified atom stereocenters. The van der Waals surface area contributed by atoms with Crippen LogP contribution in [0.1, 0.15) is 25.3 Å². The number of alkyl halides is 1. The number of halogens is 1. The lowest BCUT2D eigenvalue weighted by Crippen LogP contribution is -2.16. The van der Waals surface area contributed by atoms with E-state index in [4.69, 9.17) is 4.74 Å². The van der Waals surface area contributed by atoms with E-state index in [2.05, 4.69) is 15.9 Å². The van der Waals surface area contributed by atoms with E-state index in [1.54, 1.807) is 7.11 Å². The molecule has 0 fully saturated rings. The van der Waals surface area contributed by atoms with Crippen molar-refractivity contribution in [1.29, 1.82) is 0 Å². The number of ether oxygens (including phenoxy) is 1. The van der Waals surface area contributed by atoms with E-state index in [0.717, 1.165) is 24.2 Å². The number of ketones is 1. The van der Waals surface area contributed by atoms with E-state index in [9.17, 15) is 4.79 Å². The summed E-state index contributed by atoms with van der Waals surface area (Å²) in [5, 5.41) is 0. The minimum absolute atomic E-state index is 0.0837. The van der Waals surface area contributed by atoms with Gasteiger partial charge in [-0.25, -0.2) is 0 Å². The molecule has 0 heterocycles. The van der Waals surface area contributed by atoms with Gasteiger partial charge in [-0.3, -0.25) is 4.79 Å². The van der Waals surface area contributed by atoms with Crippen LogP contribution in [0.5, 0.6) is 5.75 Å². The van der Waals surface area contributed by atoms with Crippen LogP contribution in [0.25, 0.3) is 0 Å². The molecule has 0 amide bonds. The Bertz CT molecular complexity index is 350. The summed E-state index contributed by atoms with van der Waals surface area (Å²) in [7, 11) is 1.65. The number of carbonyl (C=O) groups excluding carboxylic acids is 1. The minimum Gasteiger partial charge on any atom is -0.497 e. The van der Waals surface area contributed by atoms with Gasteiger partial charge in [0.1, 0.15) is 11.5 Å². The molecule has 0 aliphatic heterocycles. The molecular formula is C13H17BrO2. The van der Waals surface area contributed by atoms with Crippen molar-refractivity contribution in [3.63, 3.8) is 0 Å². The van der Waals surface area contributed by atoms with Crippen molar-refractivity contribution in [2.45, 2.75) is 31.0 Å². The number of benzene rings is 1. The summed E-state index contributed by atoms with van der Waals surface area (Å²) in [5.74, 6) is 1.10. The Balaban J connectivity index is 2.61. The normalized spacial score (nSPS) is 12.2. The van der Waals surface area contributed by atoms with Gasteiger partial charge >= 0.3 is 0 Å². The first kappa shape index (κ1) is 13.2. The summed E-state index contributed by atoms with van der Waals surface area (Å²) >= 11 is 3.44. The van der Waals surface area contributed by atoms with Crippen LogP contribution in [0.15, 0.2) is 24.3 Å². The molecule has 0 aliphatic rings. The summed E-state index contributed by atoms with van der Waals surface area (Å²) in [4.78, 5) is 11.5. The maximum atomic E-state index is 11.6. The number of Topliss-reactive ketones (excluding diaryl/α,β-unsaturated/α-hetero) is 1. The highest BCUT2D eigenvalue weighted by Crippen LogP contribution is 2.17. The Labute approximate surface area is 105 Å². The van der Waals surface area contributed by atoms with Crippen LogP contribution in [0.2, 0.25) is 0 Å². The Morgan fingerprint density at radius 1 is 1.50 bits per heavy atom. The molecule has 0 aliphatic carbocycles. The zero-order chi connectivity index (χ0) is 12.0. The maximum absolute atomic E-state index is 11.6. The Morgan fingerprint density at radius 2 is 2.25 bits per heavy atom. The van der Waals surface area contributed by atoms with E-state index in [0.29, 0.717) is 6.42 Å². The van der Waals surface area contributed by atoms with Gasteiger partial charge in [-0.15, -0.1) is 0 Å².